The normalized spacial score (nSPS) is 10.3. The summed E-state index contributed by atoms with van der Waals surface area (Å²) in [6.07, 6.45) is 1.56. The van der Waals surface area contributed by atoms with Crippen LogP contribution in [0.3, 0.4) is 0 Å². The van der Waals surface area contributed by atoms with Crippen molar-refractivity contribution in [3.05, 3.63) is 76.4 Å². The fraction of sp³-hybridized carbons (Fsp3) is 0.0526. The summed E-state index contributed by atoms with van der Waals surface area (Å²) in [6, 6.07) is 15.5. The van der Waals surface area contributed by atoms with Gasteiger partial charge in [0.05, 0.1) is 24.7 Å². The maximum absolute atomic E-state index is 12.2. The zero-order chi connectivity index (χ0) is 18.5. The van der Waals surface area contributed by atoms with Crippen molar-refractivity contribution in [2.75, 3.05) is 17.7 Å². The molecule has 0 aliphatic rings. The van der Waals surface area contributed by atoms with E-state index < -0.39 is 0 Å². The molecule has 0 aliphatic heterocycles. The Morgan fingerprint density at radius 2 is 1.85 bits per heavy atom. The Balaban J connectivity index is 1.71. The lowest BCUT2D eigenvalue weighted by molar-refractivity contribution is 0.102. The van der Waals surface area contributed by atoms with Crippen LogP contribution in [0.5, 0.6) is 5.75 Å². The summed E-state index contributed by atoms with van der Waals surface area (Å²) in [5.41, 5.74) is 1.74. The van der Waals surface area contributed by atoms with Crippen LogP contribution in [0.1, 0.15) is 10.4 Å². The molecule has 2 aromatic carbocycles. The van der Waals surface area contributed by atoms with Crippen LogP contribution in [-0.4, -0.2) is 18.0 Å². The zero-order valence-electron chi connectivity index (χ0n) is 13.8. The fourth-order valence-corrected chi connectivity index (χ4v) is 2.65. The van der Waals surface area contributed by atoms with Gasteiger partial charge < -0.3 is 15.4 Å². The van der Waals surface area contributed by atoms with Gasteiger partial charge in [0.15, 0.2) is 0 Å². The number of amides is 1. The van der Waals surface area contributed by atoms with Crippen LogP contribution in [0.15, 0.2) is 60.8 Å². The van der Waals surface area contributed by atoms with Gasteiger partial charge in [0.2, 0.25) is 0 Å². The fourth-order valence-electron chi connectivity index (χ4n) is 2.29. The molecule has 5 nitrogen and oxygen atoms in total. The molecule has 7 heteroatoms. The zero-order valence-corrected chi connectivity index (χ0v) is 15.3. The van der Waals surface area contributed by atoms with E-state index in [0.717, 1.165) is 0 Å². The molecule has 0 spiro atoms. The molecule has 0 unspecified atom stereocenters. The third-order valence-electron chi connectivity index (χ3n) is 3.53. The van der Waals surface area contributed by atoms with Crippen molar-refractivity contribution in [1.29, 1.82) is 0 Å². The number of hydrogen-bond donors (Lipinski definition) is 2. The number of hydrogen-bond acceptors (Lipinski definition) is 4. The van der Waals surface area contributed by atoms with Gasteiger partial charge in [-0.3, -0.25) is 4.79 Å². The largest absolute Gasteiger partial charge is 0.495 e. The predicted octanol–water partition coefficient (Wildman–Crippen LogP) is 5.39. The van der Waals surface area contributed by atoms with E-state index in [1.807, 2.05) is 0 Å². The molecule has 0 bridgehead atoms. The average molecular weight is 388 g/mol. The second-order valence-electron chi connectivity index (χ2n) is 5.37. The minimum absolute atomic E-state index is 0.258. The Bertz CT molecular complexity index is 930. The number of nitrogens with zero attached hydrogens (tertiary/aromatic N) is 1. The van der Waals surface area contributed by atoms with E-state index in [1.54, 1.807) is 67.9 Å². The monoisotopic (exact) mass is 387 g/mol. The molecule has 0 atom stereocenters. The van der Waals surface area contributed by atoms with Crippen molar-refractivity contribution < 1.29 is 9.53 Å². The van der Waals surface area contributed by atoms with Crippen molar-refractivity contribution >= 4 is 46.3 Å². The highest BCUT2D eigenvalue weighted by atomic mass is 35.5. The number of pyridine rings is 1. The molecule has 1 amide bonds. The summed E-state index contributed by atoms with van der Waals surface area (Å²) in [7, 11) is 1.58. The summed E-state index contributed by atoms with van der Waals surface area (Å²) >= 11 is 11.9. The lowest BCUT2D eigenvalue weighted by atomic mass is 10.2. The Labute approximate surface area is 160 Å². The van der Waals surface area contributed by atoms with Gasteiger partial charge in [0, 0.05) is 15.6 Å². The second kappa shape index (κ2) is 8.08. The Morgan fingerprint density at radius 3 is 2.54 bits per heavy atom. The van der Waals surface area contributed by atoms with Gasteiger partial charge in [0.25, 0.3) is 5.91 Å². The van der Waals surface area contributed by atoms with Gasteiger partial charge in [-0.05, 0) is 48.5 Å². The van der Waals surface area contributed by atoms with Gasteiger partial charge in [-0.1, -0.05) is 29.3 Å². The van der Waals surface area contributed by atoms with E-state index in [9.17, 15) is 4.79 Å². The standard InChI is InChI=1S/C19H15Cl2N3O2/c1-26-17-7-5-14(21)10-16(17)24-18-8-6-15(11-22-18)23-19(25)12-3-2-4-13(20)9-12/h2-11H,1H3,(H,22,24)(H,23,25). The van der Waals surface area contributed by atoms with Crippen molar-refractivity contribution in [3.63, 3.8) is 0 Å². The van der Waals surface area contributed by atoms with E-state index in [0.29, 0.717) is 38.6 Å². The number of nitrogens with one attached hydrogen (secondary N) is 2. The molecule has 1 heterocycles. The Hall–Kier alpha value is -2.76. The minimum Gasteiger partial charge on any atom is -0.495 e. The number of aromatic nitrogens is 1. The molecular formula is C19H15Cl2N3O2. The van der Waals surface area contributed by atoms with Gasteiger partial charge >= 0.3 is 0 Å². The lowest BCUT2D eigenvalue weighted by Gasteiger charge is -2.11. The van der Waals surface area contributed by atoms with E-state index in [2.05, 4.69) is 15.6 Å². The Kier molecular flexibility index (Phi) is 5.61. The molecule has 1 aromatic heterocycles. The smallest absolute Gasteiger partial charge is 0.255 e. The molecule has 132 valence electrons. The number of ether oxygens (including phenoxy) is 1. The van der Waals surface area contributed by atoms with Crippen molar-refractivity contribution in [3.8, 4) is 5.75 Å². The quantitative estimate of drug-likeness (QED) is 0.615. The van der Waals surface area contributed by atoms with Gasteiger partial charge in [-0.2, -0.15) is 0 Å². The predicted molar refractivity (Wildman–Crippen MR) is 105 cm³/mol. The first kappa shape index (κ1) is 18.0. The maximum Gasteiger partial charge on any atom is 0.255 e. The van der Waals surface area contributed by atoms with Crippen molar-refractivity contribution in [1.82, 2.24) is 4.98 Å². The number of carbonyl (C=O) groups excluding carboxylic acids is 1. The Morgan fingerprint density at radius 1 is 1.04 bits per heavy atom. The number of methoxy groups -OCH3 is 1. The minimum atomic E-state index is -0.258. The van der Waals surface area contributed by atoms with Crippen LogP contribution in [0.25, 0.3) is 0 Å². The number of halogens is 2. The van der Waals surface area contributed by atoms with Crippen LogP contribution in [0, 0.1) is 0 Å². The number of anilines is 3. The van der Waals surface area contributed by atoms with Crippen LogP contribution >= 0.6 is 23.2 Å². The SMILES string of the molecule is COc1ccc(Cl)cc1Nc1ccc(NC(=O)c2cccc(Cl)c2)cn1. The molecule has 0 aliphatic carbocycles. The molecular weight excluding hydrogens is 373 g/mol. The van der Waals surface area contributed by atoms with Gasteiger partial charge in [-0.15, -0.1) is 0 Å². The van der Waals surface area contributed by atoms with Crippen LogP contribution in [0.2, 0.25) is 10.0 Å². The topological polar surface area (TPSA) is 63.2 Å². The molecule has 0 saturated heterocycles. The summed E-state index contributed by atoms with van der Waals surface area (Å²) < 4.78 is 5.29. The highest BCUT2D eigenvalue weighted by Gasteiger charge is 2.08. The van der Waals surface area contributed by atoms with Crippen LogP contribution in [-0.2, 0) is 0 Å². The van der Waals surface area contributed by atoms with E-state index in [-0.39, 0.29) is 5.91 Å². The van der Waals surface area contributed by atoms with E-state index in [4.69, 9.17) is 27.9 Å². The molecule has 26 heavy (non-hydrogen) atoms. The molecule has 3 rings (SSSR count). The average Bonchev–Trinajstić information content (AvgIpc) is 2.63. The van der Waals surface area contributed by atoms with E-state index in [1.165, 1.54) is 0 Å². The van der Waals surface area contributed by atoms with Crippen molar-refractivity contribution in [2.24, 2.45) is 0 Å². The third kappa shape index (κ3) is 4.45. The number of rotatable bonds is 5. The van der Waals surface area contributed by atoms with E-state index >= 15 is 0 Å². The first-order valence-corrected chi connectivity index (χ1v) is 8.44. The van der Waals surface area contributed by atoms with Crippen molar-refractivity contribution in [2.45, 2.75) is 0 Å². The molecule has 2 N–H and O–H groups in total. The third-order valence-corrected chi connectivity index (χ3v) is 4.00. The highest BCUT2D eigenvalue weighted by Crippen LogP contribution is 2.30. The highest BCUT2D eigenvalue weighted by molar-refractivity contribution is 6.31. The van der Waals surface area contributed by atoms with Gasteiger partial charge in [0.1, 0.15) is 11.6 Å². The maximum atomic E-state index is 12.2. The summed E-state index contributed by atoms with van der Waals surface area (Å²) in [5.74, 6) is 0.979. The summed E-state index contributed by atoms with van der Waals surface area (Å²) in [4.78, 5) is 16.5. The van der Waals surface area contributed by atoms with Crippen LogP contribution in [0.4, 0.5) is 17.2 Å². The number of carbonyl (C=O) groups is 1. The summed E-state index contributed by atoms with van der Waals surface area (Å²) in [5, 5.41) is 7.00. The molecule has 3 aromatic rings. The second-order valence-corrected chi connectivity index (χ2v) is 6.24. The molecule has 0 radical (unpaired) electrons. The lowest BCUT2D eigenvalue weighted by Crippen LogP contribution is -2.12. The van der Waals surface area contributed by atoms with Gasteiger partial charge in [-0.25, -0.2) is 4.98 Å². The first-order valence-electron chi connectivity index (χ1n) is 7.69. The molecule has 0 saturated carbocycles. The molecule has 0 fully saturated rings. The van der Waals surface area contributed by atoms with Crippen LogP contribution < -0.4 is 15.4 Å². The number of benzene rings is 2. The first-order chi connectivity index (χ1) is 12.5. The summed E-state index contributed by atoms with van der Waals surface area (Å²) in [6.45, 7) is 0.